The number of carbonyl (C=O) groups is 1. The van der Waals surface area contributed by atoms with Crippen LogP contribution in [0, 0.1) is 13.8 Å². The average molecular weight is 357 g/mol. The van der Waals surface area contributed by atoms with Gasteiger partial charge in [0.2, 0.25) is 11.1 Å². The molecule has 1 aliphatic carbocycles. The zero-order valence-corrected chi connectivity index (χ0v) is 15.1. The molecular weight excluding hydrogens is 338 g/mol. The standard InChI is InChI=1S/C16H19N7OS/c1-8-11(9(2)23-15(17-8)19-16(22-23)25-3)6-14(24)18-13-7-12(20-21-13)10-4-5-10/h7,10H,4-6H2,1-3H3,(H2,18,20,21,24). The lowest BCUT2D eigenvalue weighted by atomic mass is 10.1. The summed E-state index contributed by atoms with van der Waals surface area (Å²) < 4.78 is 1.70. The third-order valence-corrected chi connectivity index (χ3v) is 4.97. The van der Waals surface area contributed by atoms with E-state index in [0.29, 0.717) is 22.7 Å². The Morgan fingerprint density at radius 2 is 2.20 bits per heavy atom. The fourth-order valence-electron chi connectivity index (χ4n) is 2.88. The molecule has 25 heavy (non-hydrogen) atoms. The molecular formula is C16H19N7OS. The second-order valence-corrected chi connectivity index (χ2v) is 7.05. The van der Waals surface area contributed by atoms with Crippen LogP contribution in [0.5, 0.6) is 0 Å². The molecule has 130 valence electrons. The number of thioether (sulfide) groups is 1. The maximum atomic E-state index is 12.4. The number of aromatic amines is 1. The molecule has 4 rings (SSSR count). The second kappa shape index (κ2) is 6.14. The molecule has 1 fully saturated rings. The Kier molecular flexibility index (Phi) is 3.95. The molecule has 0 spiro atoms. The van der Waals surface area contributed by atoms with Crippen molar-refractivity contribution in [2.75, 3.05) is 11.6 Å². The number of fused-ring (bicyclic) bond motifs is 1. The number of aromatic nitrogens is 6. The van der Waals surface area contributed by atoms with Gasteiger partial charge in [-0.1, -0.05) is 11.8 Å². The summed E-state index contributed by atoms with van der Waals surface area (Å²) in [5.74, 6) is 1.59. The van der Waals surface area contributed by atoms with Gasteiger partial charge in [0.15, 0.2) is 5.82 Å². The number of anilines is 1. The highest BCUT2D eigenvalue weighted by atomic mass is 32.2. The third-order valence-electron chi connectivity index (χ3n) is 4.43. The summed E-state index contributed by atoms with van der Waals surface area (Å²) in [5.41, 5.74) is 3.63. The lowest BCUT2D eigenvalue weighted by Gasteiger charge is -2.09. The van der Waals surface area contributed by atoms with Crippen LogP contribution in [0.25, 0.3) is 5.78 Å². The first kappa shape index (κ1) is 16.1. The number of hydrogen-bond donors (Lipinski definition) is 2. The van der Waals surface area contributed by atoms with Crippen LogP contribution in [0.4, 0.5) is 5.82 Å². The van der Waals surface area contributed by atoms with Gasteiger partial charge in [-0.3, -0.25) is 9.89 Å². The number of hydrogen-bond acceptors (Lipinski definition) is 6. The van der Waals surface area contributed by atoms with Crippen molar-refractivity contribution in [3.8, 4) is 0 Å². The highest BCUT2D eigenvalue weighted by Gasteiger charge is 2.25. The molecule has 0 aromatic carbocycles. The molecule has 8 nitrogen and oxygen atoms in total. The topological polar surface area (TPSA) is 101 Å². The Hall–Kier alpha value is -2.42. The molecule has 2 N–H and O–H groups in total. The molecule has 3 heterocycles. The second-order valence-electron chi connectivity index (χ2n) is 6.28. The normalized spacial score (nSPS) is 14.2. The monoisotopic (exact) mass is 357 g/mol. The molecule has 0 atom stereocenters. The smallest absolute Gasteiger partial charge is 0.253 e. The summed E-state index contributed by atoms with van der Waals surface area (Å²) in [4.78, 5) is 21.3. The van der Waals surface area contributed by atoms with Gasteiger partial charge in [0, 0.05) is 34.6 Å². The summed E-state index contributed by atoms with van der Waals surface area (Å²) in [6, 6.07) is 1.92. The summed E-state index contributed by atoms with van der Waals surface area (Å²) in [5, 5.41) is 15.1. The molecule has 3 aromatic heterocycles. The molecule has 0 aliphatic heterocycles. The summed E-state index contributed by atoms with van der Waals surface area (Å²) in [6.45, 7) is 3.83. The van der Waals surface area contributed by atoms with E-state index >= 15 is 0 Å². The highest BCUT2D eigenvalue weighted by Crippen LogP contribution is 2.39. The number of amides is 1. The van der Waals surface area contributed by atoms with Crippen LogP contribution in [0.15, 0.2) is 11.2 Å². The predicted molar refractivity (Wildman–Crippen MR) is 94.9 cm³/mol. The van der Waals surface area contributed by atoms with E-state index in [1.165, 1.54) is 24.6 Å². The van der Waals surface area contributed by atoms with E-state index in [2.05, 4.69) is 30.6 Å². The first-order chi connectivity index (χ1) is 12.0. The van der Waals surface area contributed by atoms with Crippen molar-refractivity contribution < 1.29 is 4.79 Å². The fraction of sp³-hybridized carbons (Fsp3) is 0.438. The van der Waals surface area contributed by atoms with Crippen LogP contribution in [-0.4, -0.2) is 41.9 Å². The molecule has 3 aromatic rings. The van der Waals surface area contributed by atoms with Crippen molar-refractivity contribution in [1.29, 1.82) is 0 Å². The SMILES string of the molecule is CSc1nc2nc(C)c(CC(=O)Nc3cc(C4CC4)[nH]n3)c(C)n2n1. The van der Waals surface area contributed by atoms with E-state index in [4.69, 9.17) is 0 Å². The van der Waals surface area contributed by atoms with Crippen molar-refractivity contribution in [3.05, 3.63) is 28.7 Å². The number of carbonyl (C=O) groups excluding carboxylic acids is 1. The largest absolute Gasteiger partial charge is 0.309 e. The summed E-state index contributed by atoms with van der Waals surface area (Å²) in [7, 11) is 0. The third kappa shape index (κ3) is 3.11. The first-order valence-corrected chi connectivity index (χ1v) is 9.39. The fourth-order valence-corrected chi connectivity index (χ4v) is 3.22. The lowest BCUT2D eigenvalue weighted by Crippen LogP contribution is -2.18. The van der Waals surface area contributed by atoms with Crippen molar-refractivity contribution in [3.63, 3.8) is 0 Å². The van der Waals surface area contributed by atoms with Gasteiger partial charge in [0.05, 0.1) is 6.42 Å². The number of H-pyrrole nitrogens is 1. The Labute approximate surface area is 148 Å². The first-order valence-electron chi connectivity index (χ1n) is 8.17. The van der Waals surface area contributed by atoms with Gasteiger partial charge >= 0.3 is 0 Å². The molecule has 0 saturated heterocycles. The van der Waals surface area contributed by atoms with Crippen molar-refractivity contribution >= 4 is 29.3 Å². The van der Waals surface area contributed by atoms with Gasteiger partial charge in [-0.25, -0.2) is 9.50 Å². The van der Waals surface area contributed by atoms with Crippen molar-refractivity contribution in [2.45, 2.75) is 44.2 Å². The number of rotatable bonds is 5. The molecule has 0 unspecified atom stereocenters. The van der Waals surface area contributed by atoms with Crippen LogP contribution in [0.3, 0.4) is 0 Å². The molecule has 1 saturated carbocycles. The van der Waals surface area contributed by atoms with E-state index in [1.807, 2.05) is 26.2 Å². The minimum Gasteiger partial charge on any atom is -0.309 e. The molecule has 1 amide bonds. The van der Waals surface area contributed by atoms with Crippen LogP contribution in [0.1, 0.15) is 41.4 Å². The van der Waals surface area contributed by atoms with Crippen LogP contribution in [0.2, 0.25) is 0 Å². The van der Waals surface area contributed by atoms with E-state index in [1.54, 1.807) is 4.52 Å². The maximum absolute atomic E-state index is 12.4. The van der Waals surface area contributed by atoms with E-state index in [0.717, 1.165) is 22.6 Å². The molecule has 0 radical (unpaired) electrons. The predicted octanol–water partition coefficient (Wildman–Crippen LogP) is 2.24. The number of nitrogens with one attached hydrogen (secondary N) is 2. The average Bonchev–Trinajstić information content (AvgIpc) is 3.19. The van der Waals surface area contributed by atoms with Crippen molar-refractivity contribution in [1.82, 2.24) is 29.8 Å². The van der Waals surface area contributed by atoms with E-state index in [9.17, 15) is 4.79 Å². The minimum absolute atomic E-state index is 0.119. The Bertz CT molecular complexity index is 957. The van der Waals surface area contributed by atoms with Crippen LogP contribution < -0.4 is 5.32 Å². The molecule has 0 bridgehead atoms. The van der Waals surface area contributed by atoms with Gasteiger partial charge in [0.1, 0.15) is 0 Å². The van der Waals surface area contributed by atoms with Crippen molar-refractivity contribution in [2.24, 2.45) is 0 Å². The maximum Gasteiger partial charge on any atom is 0.253 e. The van der Waals surface area contributed by atoms with Gasteiger partial charge in [-0.15, -0.1) is 5.10 Å². The number of nitrogens with zero attached hydrogens (tertiary/aromatic N) is 5. The zero-order chi connectivity index (χ0) is 17.6. The zero-order valence-electron chi connectivity index (χ0n) is 14.3. The minimum atomic E-state index is -0.119. The van der Waals surface area contributed by atoms with Crippen LogP contribution >= 0.6 is 11.8 Å². The number of aryl methyl sites for hydroxylation is 2. The van der Waals surface area contributed by atoms with Gasteiger partial charge in [-0.05, 0) is 32.9 Å². The lowest BCUT2D eigenvalue weighted by molar-refractivity contribution is -0.115. The Balaban J connectivity index is 1.55. The summed E-state index contributed by atoms with van der Waals surface area (Å²) >= 11 is 1.47. The van der Waals surface area contributed by atoms with E-state index < -0.39 is 0 Å². The molecule has 1 aliphatic rings. The Morgan fingerprint density at radius 1 is 1.40 bits per heavy atom. The van der Waals surface area contributed by atoms with Gasteiger partial charge < -0.3 is 5.32 Å². The Morgan fingerprint density at radius 3 is 2.92 bits per heavy atom. The summed E-state index contributed by atoms with van der Waals surface area (Å²) in [6.07, 6.45) is 4.52. The van der Waals surface area contributed by atoms with Gasteiger partial charge in [0.25, 0.3) is 5.78 Å². The van der Waals surface area contributed by atoms with Gasteiger partial charge in [-0.2, -0.15) is 10.1 Å². The quantitative estimate of drug-likeness (QED) is 0.679. The van der Waals surface area contributed by atoms with E-state index in [-0.39, 0.29) is 12.3 Å². The highest BCUT2D eigenvalue weighted by molar-refractivity contribution is 7.98. The van der Waals surface area contributed by atoms with Crippen LogP contribution in [-0.2, 0) is 11.2 Å². The molecule has 9 heteroatoms.